The molecule has 0 unspecified atom stereocenters. The highest BCUT2D eigenvalue weighted by Gasteiger charge is 2.29. The van der Waals surface area contributed by atoms with Crippen LogP contribution in [-0.2, 0) is 11.3 Å². The van der Waals surface area contributed by atoms with Gasteiger partial charge in [0.25, 0.3) is 0 Å². The first-order chi connectivity index (χ1) is 8.20. The van der Waals surface area contributed by atoms with E-state index in [1.165, 1.54) is 12.8 Å². The van der Waals surface area contributed by atoms with Gasteiger partial charge in [0.05, 0.1) is 6.10 Å². The van der Waals surface area contributed by atoms with Gasteiger partial charge >= 0.3 is 0 Å². The minimum absolute atomic E-state index is 0.351. The van der Waals surface area contributed by atoms with Gasteiger partial charge in [-0.3, -0.25) is 0 Å². The first kappa shape index (κ1) is 12.8. The van der Waals surface area contributed by atoms with Gasteiger partial charge in [0.2, 0.25) is 5.16 Å². The molecule has 0 N–H and O–H groups in total. The molecule has 1 aromatic heterocycles. The molecule has 1 aliphatic carbocycles. The van der Waals surface area contributed by atoms with Crippen molar-refractivity contribution in [2.75, 3.05) is 7.11 Å². The average Bonchev–Trinajstić information content (AvgIpc) is 2.88. The molecule has 0 radical (unpaired) electrons. The molecule has 1 aromatic rings. The highest BCUT2D eigenvalue weighted by molar-refractivity contribution is 7.99. The van der Waals surface area contributed by atoms with E-state index in [9.17, 15) is 0 Å². The molecule has 1 aliphatic rings. The number of methoxy groups -OCH3 is 1. The topological polar surface area (TPSA) is 52.8 Å². The van der Waals surface area contributed by atoms with Crippen molar-refractivity contribution < 1.29 is 4.74 Å². The molecule has 0 aromatic carbocycles. The predicted molar refractivity (Wildman–Crippen MR) is 66.9 cm³/mol. The summed E-state index contributed by atoms with van der Waals surface area (Å²) in [7, 11) is 1.79. The van der Waals surface area contributed by atoms with Gasteiger partial charge in [-0.1, -0.05) is 25.6 Å². The normalized spacial score (nSPS) is 24.7. The lowest BCUT2D eigenvalue weighted by Gasteiger charge is -2.17. The number of ether oxygens (including phenoxy) is 1. The number of aromatic nitrogens is 4. The van der Waals surface area contributed by atoms with Crippen molar-refractivity contribution in [2.45, 2.75) is 56.2 Å². The van der Waals surface area contributed by atoms with E-state index in [-0.39, 0.29) is 0 Å². The largest absolute Gasteiger partial charge is 0.380 e. The second-order valence-corrected chi connectivity index (χ2v) is 6.11. The van der Waals surface area contributed by atoms with Crippen LogP contribution >= 0.6 is 11.8 Å². The van der Waals surface area contributed by atoms with Crippen molar-refractivity contribution in [2.24, 2.45) is 5.92 Å². The molecule has 17 heavy (non-hydrogen) atoms. The Morgan fingerprint density at radius 2 is 2.29 bits per heavy atom. The number of rotatable bonds is 5. The summed E-state index contributed by atoms with van der Waals surface area (Å²) < 4.78 is 7.40. The zero-order valence-electron chi connectivity index (χ0n) is 10.7. The van der Waals surface area contributed by atoms with Gasteiger partial charge in [0.15, 0.2) is 0 Å². The van der Waals surface area contributed by atoms with Crippen molar-refractivity contribution in [3.8, 4) is 0 Å². The Labute approximate surface area is 106 Å². The zero-order chi connectivity index (χ0) is 12.3. The highest BCUT2D eigenvalue weighted by Crippen LogP contribution is 2.35. The van der Waals surface area contributed by atoms with Gasteiger partial charge in [0.1, 0.15) is 0 Å². The van der Waals surface area contributed by atoms with E-state index in [0.717, 1.165) is 18.1 Å². The lowest BCUT2D eigenvalue weighted by Crippen LogP contribution is -2.19. The van der Waals surface area contributed by atoms with E-state index in [0.29, 0.717) is 17.3 Å². The molecular weight excluding hydrogens is 236 g/mol. The number of hydrogen-bond donors (Lipinski definition) is 0. The van der Waals surface area contributed by atoms with Crippen molar-refractivity contribution in [1.82, 2.24) is 20.2 Å². The predicted octanol–water partition coefficient (Wildman–Crippen LogP) is 1.99. The summed E-state index contributed by atoms with van der Waals surface area (Å²) in [5.74, 6) is 0.555. The molecule has 0 bridgehead atoms. The summed E-state index contributed by atoms with van der Waals surface area (Å²) >= 11 is 1.76. The third kappa shape index (κ3) is 3.19. The number of thioether (sulfide) groups is 1. The quantitative estimate of drug-likeness (QED) is 0.806. The van der Waals surface area contributed by atoms with E-state index in [4.69, 9.17) is 4.74 Å². The van der Waals surface area contributed by atoms with Gasteiger partial charge in [-0.15, -0.1) is 5.10 Å². The summed E-state index contributed by atoms with van der Waals surface area (Å²) in [6.07, 6.45) is 3.93. The minimum Gasteiger partial charge on any atom is -0.380 e. The standard InChI is InChI=1S/C11H20N4OS/c1-8(2)7-15-11(12-13-14-15)17-10-6-4-5-9(10)16-3/h8-10H,4-7H2,1-3H3/t9-,10-/m0/s1. The Morgan fingerprint density at radius 1 is 1.47 bits per heavy atom. The van der Waals surface area contributed by atoms with E-state index >= 15 is 0 Å². The van der Waals surface area contributed by atoms with Crippen molar-refractivity contribution >= 4 is 11.8 Å². The van der Waals surface area contributed by atoms with Gasteiger partial charge in [0, 0.05) is 18.9 Å². The van der Waals surface area contributed by atoms with Crippen LogP contribution in [0.4, 0.5) is 0 Å². The van der Waals surface area contributed by atoms with E-state index in [1.54, 1.807) is 18.9 Å². The van der Waals surface area contributed by atoms with Crippen LogP contribution in [0.2, 0.25) is 0 Å². The summed E-state index contributed by atoms with van der Waals surface area (Å²) in [6, 6.07) is 0. The number of hydrogen-bond acceptors (Lipinski definition) is 5. The van der Waals surface area contributed by atoms with E-state index in [2.05, 4.69) is 29.4 Å². The lowest BCUT2D eigenvalue weighted by molar-refractivity contribution is 0.113. The fraction of sp³-hybridized carbons (Fsp3) is 0.909. The second kappa shape index (κ2) is 5.82. The van der Waals surface area contributed by atoms with E-state index < -0.39 is 0 Å². The zero-order valence-corrected chi connectivity index (χ0v) is 11.5. The fourth-order valence-electron chi connectivity index (χ4n) is 2.17. The smallest absolute Gasteiger partial charge is 0.209 e. The van der Waals surface area contributed by atoms with Crippen molar-refractivity contribution in [3.63, 3.8) is 0 Å². The van der Waals surface area contributed by atoms with Crippen LogP contribution in [0, 0.1) is 5.92 Å². The van der Waals surface area contributed by atoms with Crippen LogP contribution in [0.25, 0.3) is 0 Å². The monoisotopic (exact) mass is 256 g/mol. The van der Waals surface area contributed by atoms with Crippen molar-refractivity contribution in [3.05, 3.63) is 0 Å². The summed E-state index contributed by atoms with van der Waals surface area (Å²) in [6.45, 7) is 5.22. The summed E-state index contributed by atoms with van der Waals surface area (Å²) in [5.41, 5.74) is 0. The molecule has 2 rings (SSSR count). The van der Waals surface area contributed by atoms with Crippen LogP contribution in [0.1, 0.15) is 33.1 Å². The number of tetrazole rings is 1. The van der Waals surface area contributed by atoms with Crippen molar-refractivity contribution in [1.29, 1.82) is 0 Å². The SMILES string of the molecule is CO[C@H]1CCC[C@@H]1Sc1nnnn1CC(C)C. The fourth-order valence-corrected chi connectivity index (χ4v) is 3.44. The van der Waals surface area contributed by atoms with Crippen LogP contribution in [-0.4, -0.2) is 38.7 Å². The molecule has 0 spiro atoms. The maximum absolute atomic E-state index is 5.49. The summed E-state index contributed by atoms with van der Waals surface area (Å²) in [5, 5.41) is 13.3. The molecule has 6 heteroatoms. The Morgan fingerprint density at radius 3 is 3.00 bits per heavy atom. The van der Waals surface area contributed by atoms with Gasteiger partial charge in [-0.25, -0.2) is 4.68 Å². The van der Waals surface area contributed by atoms with Crippen LogP contribution in [0.3, 0.4) is 0 Å². The molecule has 5 nitrogen and oxygen atoms in total. The second-order valence-electron chi connectivity index (χ2n) is 4.90. The van der Waals surface area contributed by atoms with Gasteiger partial charge in [-0.2, -0.15) is 0 Å². The molecular formula is C11H20N4OS. The first-order valence-electron chi connectivity index (χ1n) is 6.16. The van der Waals surface area contributed by atoms with Crippen LogP contribution in [0.5, 0.6) is 0 Å². The Kier molecular flexibility index (Phi) is 4.39. The van der Waals surface area contributed by atoms with Crippen LogP contribution < -0.4 is 0 Å². The molecule has 96 valence electrons. The highest BCUT2D eigenvalue weighted by atomic mass is 32.2. The summed E-state index contributed by atoms with van der Waals surface area (Å²) in [4.78, 5) is 0. The van der Waals surface area contributed by atoms with Crippen LogP contribution in [0.15, 0.2) is 5.16 Å². The Balaban J connectivity index is 2.00. The molecule has 2 atom stereocenters. The molecule has 1 heterocycles. The third-order valence-electron chi connectivity index (χ3n) is 2.99. The maximum Gasteiger partial charge on any atom is 0.209 e. The van der Waals surface area contributed by atoms with Gasteiger partial charge < -0.3 is 4.74 Å². The molecule has 1 fully saturated rings. The molecule has 0 aliphatic heterocycles. The molecule has 1 saturated carbocycles. The average molecular weight is 256 g/mol. The first-order valence-corrected chi connectivity index (χ1v) is 7.04. The minimum atomic E-state index is 0.351. The third-order valence-corrected chi connectivity index (χ3v) is 4.33. The number of nitrogens with zero attached hydrogens (tertiary/aromatic N) is 4. The Bertz CT molecular complexity index is 355. The maximum atomic E-state index is 5.49. The lowest BCUT2D eigenvalue weighted by atomic mass is 10.2. The molecule has 0 saturated heterocycles. The molecule has 0 amide bonds. The van der Waals surface area contributed by atoms with E-state index in [1.807, 2.05) is 4.68 Å². The van der Waals surface area contributed by atoms with Gasteiger partial charge in [-0.05, 0) is 35.6 Å². The Hall–Kier alpha value is -0.620.